The van der Waals surface area contributed by atoms with Gasteiger partial charge >= 0.3 is 6.03 Å². The molecule has 0 saturated heterocycles. The van der Waals surface area contributed by atoms with Crippen molar-refractivity contribution in [1.29, 1.82) is 0 Å². The maximum Gasteiger partial charge on any atom is 0.319 e. The second kappa shape index (κ2) is 6.12. The zero-order valence-corrected chi connectivity index (χ0v) is 14.4. The van der Waals surface area contributed by atoms with Crippen LogP contribution in [0.1, 0.15) is 50.5 Å². The molecule has 130 valence electrons. The Bertz CT molecular complexity index is 652. The number of carbonyl (C=O) groups excluding carboxylic acids is 1. The van der Waals surface area contributed by atoms with Gasteiger partial charge in [0.25, 0.3) is 0 Å². The van der Waals surface area contributed by atoms with Crippen LogP contribution in [0.4, 0.5) is 10.5 Å². The molecule has 2 fully saturated rings. The van der Waals surface area contributed by atoms with Gasteiger partial charge in [-0.15, -0.1) is 0 Å². The molecule has 24 heavy (non-hydrogen) atoms. The molecule has 2 saturated carbocycles. The number of urea groups is 1. The highest BCUT2D eigenvalue weighted by atomic mass is 35.5. The molecule has 1 aliphatic heterocycles. The number of amides is 2. The number of benzene rings is 1. The smallest absolute Gasteiger partial charge is 0.319 e. The fraction of sp³-hybridized carbons (Fsp3) is 0.611. The Morgan fingerprint density at radius 3 is 2.71 bits per heavy atom. The van der Waals surface area contributed by atoms with E-state index in [0.29, 0.717) is 16.6 Å². The predicted octanol–water partition coefficient (Wildman–Crippen LogP) is 3.78. The Hall–Kier alpha value is -1.46. The van der Waals surface area contributed by atoms with Crippen molar-refractivity contribution in [3.63, 3.8) is 0 Å². The molecular weight excluding hydrogens is 328 g/mol. The van der Waals surface area contributed by atoms with Crippen LogP contribution in [0, 0.1) is 5.92 Å². The quantitative estimate of drug-likeness (QED) is 0.776. The van der Waals surface area contributed by atoms with Gasteiger partial charge in [-0.25, -0.2) is 4.79 Å². The summed E-state index contributed by atoms with van der Waals surface area (Å²) in [6.45, 7) is 0.222. The molecule has 2 amide bonds. The van der Waals surface area contributed by atoms with E-state index in [1.807, 2.05) is 6.07 Å². The summed E-state index contributed by atoms with van der Waals surface area (Å²) in [5.74, 6) is 1.16. The van der Waals surface area contributed by atoms with Crippen molar-refractivity contribution in [2.75, 3.05) is 11.9 Å². The second-order valence-corrected chi connectivity index (χ2v) is 7.68. The summed E-state index contributed by atoms with van der Waals surface area (Å²) in [4.78, 5) is 12.2. The van der Waals surface area contributed by atoms with Crippen LogP contribution in [0.25, 0.3) is 0 Å². The molecule has 0 bridgehead atoms. The lowest BCUT2D eigenvalue weighted by Gasteiger charge is -2.44. The Balaban J connectivity index is 1.71. The number of carbonyl (C=O) groups is 1. The summed E-state index contributed by atoms with van der Waals surface area (Å²) < 4.78 is 6.24. The SMILES string of the molecule is O=C1Nc2c(Cl)ccc(O[C@H]3C[C@@H](CO)C3)c2C2(CCCCC2)N1. The van der Waals surface area contributed by atoms with Crippen molar-refractivity contribution in [3.05, 3.63) is 22.7 Å². The topological polar surface area (TPSA) is 70.6 Å². The van der Waals surface area contributed by atoms with Gasteiger partial charge in [-0.05, 0) is 43.7 Å². The number of hydrogen-bond acceptors (Lipinski definition) is 3. The van der Waals surface area contributed by atoms with E-state index in [1.165, 1.54) is 6.42 Å². The van der Waals surface area contributed by atoms with Gasteiger partial charge in [0, 0.05) is 12.2 Å². The lowest BCUT2D eigenvalue weighted by molar-refractivity contribution is 0.0304. The number of ether oxygens (including phenoxy) is 1. The van der Waals surface area contributed by atoms with Gasteiger partial charge in [0.05, 0.1) is 22.4 Å². The summed E-state index contributed by atoms with van der Waals surface area (Å²) >= 11 is 6.38. The van der Waals surface area contributed by atoms with Crippen LogP contribution in [-0.4, -0.2) is 23.8 Å². The van der Waals surface area contributed by atoms with Gasteiger partial charge in [-0.1, -0.05) is 30.9 Å². The van der Waals surface area contributed by atoms with Crippen molar-refractivity contribution in [3.8, 4) is 5.75 Å². The van der Waals surface area contributed by atoms with Crippen molar-refractivity contribution < 1.29 is 14.6 Å². The monoisotopic (exact) mass is 350 g/mol. The molecule has 1 spiro atoms. The molecule has 3 N–H and O–H groups in total. The third-order valence-electron chi connectivity index (χ3n) is 5.64. The fourth-order valence-corrected chi connectivity index (χ4v) is 4.51. The summed E-state index contributed by atoms with van der Waals surface area (Å²) in [5.41, 5.74) is 1.32. The average Bonchev–Trinajstić information content (AvgIpc) is 2.53. The molecule has 0 aromatic heterocycles. The highest BCUT2D eigenvalue weighted by molar-refractivity contribution is 6.34. The summed E-state index contributed by atoms with van der Waals surface area (Å²) in [5, 5.41) is 15.8. The number of aliphatic hydroxyl groups is 1. The standard InChI is InChI=1S/C18H23ClN2O3/c19-13-4-5-14(24-12-8-11(9-12)10-22)15-16(13)20-17(23)21-18(15)6-2-1-3-7-18/h4-5,11-12,22H,1-3,6-10H2,(H2,20,21,23)/t11-,12+. The van der Waals surface area contributed by atoms with Crippen LogP contribution in [0.5, 0.6) is 5.75 Å². The number of nitrogens with one attached hydrogen (secondary N) is 2. The Morgan fingerprint density at radius 2 is 2.00 bits per heavy atom. The summed E-state index contributed by atoms with van der Waals surface area (Å²) in [7, 11) is 0. The van der Waals surface area contributed by atoms with E-state index in [2.05, 4.69) is 10.6 Å². The number of aliphatic hydroxyl groups excluding tert-OH is 1. The molecule has 1 heterocycles. The number of hydrogen-bond donors (Lipinski definition) is 3. The number of fused-ring (bicyclic) bond motifs is 2. The number of halogens is 1. The lowest BCUT2D eigenvalue weighted by atomic mass is 9.74. The van der Waals surface area contributed by atoms with Gasteiger partial charge < -0.3 is 20.5 Å². The minimum Gasteiger partial charge on any atom is -0.490 e. The van der Waals surface area contributed by atoms with Crippen molar-refractivity contribution in [2.24, 2.45) is 5.92 Å². The minimum absolute atomic E-state index is 0.130. The van der Waals surface area contributed by atoms with E-state index in [1.54, 1.807) is 6.07 Å². The Labute approximate surface area is 146 Å². The van der Waals surface area contributed by atoms with Crippen LogP contribution in [0.2, 0.25) is 5.02 Å². The van der Waals surface area contributed by atoms with Gasteiger partial charge in [0.15, 0.2) is 0 Å². The third-order valence-corrected chi connectivity index (χ3v) is 5.95. The van der Waals surface area contributed by atoms with Crippen LogP contribution in [-0.2, 0) is 5.54 Å². The van der Waals surface area contributed by atoms with E-state index in [0.717, 1.165) is 49.8 Å². The highest BCUT2D eigenvalue weighted by Gasteiger charge is 2.44. The fourth-order valence-electron chi connectivity index (χ4n) is 4.31. The van der Waals surface area contributed by atoms with Gasteiger partial charge in [0.2, 0.25) is 0 Å². The molecule has 5 nitrogen and oxygen atoms in total. The molecule has 2 aliphatic carbocycles. The lowest BCUT2D eigenvalue weighted by Crippen LogP contribution is -2.53. The van der Waals surface area contributed by atoms with Gasteiger partial charge in [0.1, 0.15) is 5.75 Å². The molecule has 0 radical (unpaired) electrons. The largest absolute Gasteiger partial charge is 0.490 e. The van der Waals surface area contributed by atoms with Crippen LogP contribution >= 0.6 is 11.6 Å². The van der Waals surface area contributed by atoms with Gasteiger partial charge in [-0.2, -0.15) is 0 Å². The van der Waals surface area contributed by atoms with Crippen LogP contribution < -0.4 is 15.4 Å². The van der Waals surface area contributed by atoms with Crippen molar-refractivity contribution in [2.45, 2.75) is 56.6 Å². The minimum atomic E-state index is -0.379. The molecule has 4 rings (SSSR count). The maximum absolute atomic E-state index is 12.2. The van der Waals surface area contributed by atoms with E-state index in [-0.39, 0.29) is 24.3 Å². The molecule has 1 aromatic carbocycles. The zero-order valence-electron chi connectivity index (χ0n) is 13.6. The molecular formula is C18H23ClN2O3. The molecule has 3 aliphatic rings. The summed E-state index contributed by atoms with van der Waals surface area (Å²) in [6.07, 6.45) is 7.07. The normalized spacial score (nSPS) is 27.7. The van der Waals surface area contributed by atoms with E-state index in [9.17, 15) is 9.90 Å². The van der Waals surface area contributed by atoms with Crippen LogP contribution in [0.3, 0.4) is 0 Å². The first kappa shape index (κ1) is 16.0. The van der Waals surface area contributed by atoms with E-state index < -0.39 is 0 Å². The predicted molar refractivity (Wildman–Crippen MR) is 92.6 cm³/mol. The first-order chi connectivity index (χ1) is 11.6. The highest BCUT2D eigenvalue weighted by Crippen LogP contribution is 2.50. The first-order valence-corrected chi connectivity index (χ1v) is 9.19. The number of anilines is 1. The molecule has 0 unspecified atom stereocenters. The van der Waals surface area contributed by atoms with Crippen LogP contribution in [0.15, 0.2) is 12.1 Å². The average molecular weight is 351 g/mol. The zero-order chi connectivity index (χ0) is 16.7. The van der Waals surface area contributed by atoms with E-state index >= 15 is 0 Å². The number of rotatable bonds is 3. The first-order valence-electron chi connectivity index (χ1n) is 8.81. The Morgan fingerprint density at radius 1 is 1.25 bits per heavy atom. The maximum atomic E-state index is 12.2. The summed E-state index contributed by atoms with van der Waals surface area (Å²) in [6, 6.07) is 3.52. The van der Waals surface area contributed by atoms with Crippen molar-refractivity contribution >= 4 is 23.3 Å². The van der Waals surface area contributed by atoms with E-state index in [4.69, 9.17) is 16.3 Å². The third kappa shape index (κ3) is 2.64. The van der Waals surface area contributed by atoms with Crippen molar-refractivity contribution in [1.82, 2.24) is 5.32 Å². The second-order valence-electron chi connectivity index (χ2n) is 7.28. The molecule has 0 atom stereocenters. The Kier molecular flexibility index (Phi) is 4.09. The molecule has 6 heteroatoms. The van der Waals surface area contributed by atoms with Gasteiger partial charge in [-0.3, -0.25) is 0 Å². The molecule has 1 aromatic rings.